The van der Waals surface area contributed by atoms with Crippen LogP contribution >= 0.6 is 15.9 Å². The predicted octanol–water partition coefficient (Wildman–Crippen LogP) is 4.04. The Morgan fingerprint density at radius 3 is 2.67 bits per heavy atom. The van der Waals surface area contributed by atoms with Gasteiger partial charge in [0, 0.05) is 23.6 Å². The molecule has 4 heteroatoms. The Hall–Kier alpha value is -1.81. The molecule has 0 aliphatic carbocycles. The van der Waals surface area contributed by atoms with Crippen LogP contribution in [0.25, 0.3) is 0 Å². The highest BCUT2D eigenvalue weighted by Crippen LogP contribution is 2.21. The number of benzene rings is 2. The summed E-state index contributed by atoms with van der Waals surface area (Å²) < 4.78 is 6.15. The topological polar surface area (TPSA) is 29.5 Å². The van der Waals surface area contributed by atoms with Gasteiger partial charge >= 0.3 is 0 Å². The Kier molecular flexibility index (Phi) is 5.02. The zero-order valence-electron chi connectivity index (χ0n) is 12.4. The average molecular weight is 348 g/mol. The van der Waals surface area contributed by atoms with Crippen LogP contribution in [0, 0.1) is 6.92 Å². The summed E-state index contributed by atoms with van der Waals surface area (Å²) in [5.74, 6) is 0.809. The van der Waals surface area contributed by atoms with Crippen molar-refractivity contribution >= 4 is 21.8 Å². The van der Waals surface area contributed by atoms with Gasteiger partial charge < -0.3 is 9.64 Å². The van der Waals surface area contributed by atoms with E-state index in [0.717, 1.165) is 26.9 Å². The smallest absolute Gasteiger partial charge is 0.254 e. The van der Waals surface area contributed by atoms with Crippen molar-refractivity contribution in [2.45, 2.75) is 13.5 Å². The highest BCUT2D eigenvalue weighted by Gasteiger charge is 2.15. The molecule has 0 fully saturated rings. The number of rotatable bonds is 4. The maximum absolute atomic E-state index is 12.6. The molecule has 0 radical (unpaired) electrons. The van der Waals surface area contributed by atoms with Crippen LogP contribution in [0.4, 0.5) is 0 Å². The molecule has 2 aromatic rings. The summed E-state index contributed by atoms with van der Waals surface area (Å²) in [5, 5.41) is 0. The Labute approximate surface area is 133 Å². The van der Waals surface area contributed by atoms with Crippen LogP contribution in [0.1, 0.15) is 21.5 Å². The number of hydrogen-bond donors (Lipinski definition) is 0. The van der Waals surface area contributed by atoms with Crippen molar-refractivity contribution in [2.24, 2.45) is 0 Å². The van der Waals surface area contributed by atoms with Crippen molar-refractivity contribution in [3.63, 3.8) is 0 Å². The third kappa shape index (κ3) is 3.64. The van der Waals surface area contributed by atoms with E-state index in [1.54, 1.807) is 12.0 Å². The minimum absolute atomic E-state index is 0.0108. The monoisotopic (exact) mass is 347 g/mol. The fourth-order valence-corrected chi connectivity index (χ4v) is 2.53. The Morgan fingerprint density at radius 2 is 1.95 bits per heavy atom. The molecule has 110 valence electrons. The van der Waals surface area contributed by atoms with E-state index in [9.17, 15) is 4.79 Å². The van der Waals surface area contributed by atoms with Crippen LogP contribution < -0.4 is 4.74 Å². The fourth-order valence-electron chi connectivity index (χ4n) is 2.16. The average Bonchev–Trinajstić information content (AvgIpc) is 2.49. The van der Waals surface area contributed by atoms with E-state index >= 15 is 0 Å². The number of amides is 1. The third-order valence-electron chi connectivity index (χ3n) is 3.40. The molecule has 0 saturated carbocycles. The SMILES string of the molecule is COc1cccc(CN(C)C(=O)c2cccc(Br)c2C)c1. The molecule has 0 unspecified atom stereocenters. The first kappa shape index (κ1) is 15.6. The molecular formula is C17H18BrNO2. The molecule has 2 rings (SSSR count). The summed E-state index contributed by atoms with van der Waals surface area (Å²) in [7, 11) is 3.45. The molecule has 0 spiro atoms. The number of hydrogen-bond acceptors (Lipinski definition) is 2. The van der Waals surface area contributed by atoms with Gasteiger partial charge in [0.2, 0.25) is 0 Å². The van der Waals surface area contributed by atoms with Gasteiger partial charge in [0.15, 0.2) is 0 Å². The summed E-state index contributed by atoms with van der Waals surface area (Å²) in [6, 6.07) is 13.4. The first-order valence-electron chi connectivity index (χ1n) is 6.66. The molecule has 3 nitrogen and oxygen atoms in total. The number of carbonyl (C=O) groups is 1. The van der Waals surface area contributed by atoms with Gasteiger partial charge in [0.25, 0.3) is 5.91 Å². The van der Waals surface area contributed by atoms with Gasteiger partial charge in [0.05, 0.1) is 7.11 Å². The molecule has 0 aliphatic rings. The molecule has 0 N–H and O–H groups in total. The van der Waals surface area contributed by atoms with Crippen molar-refractivity contribution in [1.82, 2.24) is 4.90 Å². The predicted molar refractivity (Wildman–Crippen MR) is 87.7 cm³/mol. The van der Waals surface area contributed by atoms with Crippen LogP contribution in [0.2, 0.25) is 0 Å². The van der Waals surface area contributed by atoms with Crippen LogP contribution in [0.5, 0.6) is 5.75 Å². The van der Waals surface area contributed by atoms with E-state index in [2.05, 4.69) is 15.9 Å². The molecule has 0 heterocycles. The van der Waals surface area contributed by atoms with Gasteiger partial charge in [-0.25, -0.2) is 0 Å². The molecule has 0 aliphatic heterocycles. The van der Waals surface area contributed by atoms with Crippen LogP contribution in [0.3, 0.4) is 0 Å². The Morgan fingerprint density at radius 1 is 1.24 bits per heavy atom. The van der Waals surface area contributed by atoms with Gasteiger partial charge in [0.1, 0.15) is 5.75 Å². The van der Waals surface area contributed by atoms with Crippen molar-refractivity contribution in [1.29, 1.82) is 0 Å². The second kappa shape index (κ2) is 6.76. The Balaban J connectivity index is 2.17. The molecule has 1 amide bonds. The number of carbonyl (C=O) groups excluding carboxylic acids is 1. The minimum Gasteiger partial charge on any atom is -0.497 e. The zero-order chi connectivity index (χ0) is 15.4. The molecule has 21 heavy (non-hydrogen) atoms. The molecule has 0 aromatic heterocycles. The minimum atomic E-state index is 0.0108. The maximum atomic E-state index is 12.6. The summed E-state index contributed by atoms with van der Waals surface area (Å²) in [4.78, 5) is 14.3. The molecule has 0 saturated heterocycles. The lowest BCUT2D eigenvalue weighted by atomic mass is 10.1. The maximum Gasteiger partial charge on any atom is 0.254 e. The summed E-state index contributed by atoms with van der Waals surface area (Å²) in [6.07, 6.45) is 0. The zero-order valence-corrected chi connectivity index (χ0v) is 14.0. The number of halogens is 1. The fraction of sp³-hybridized carbons (Fsp3) is 0.235. The lowest BCUT2D eigenvalue weighted by Gasteiger charge is -2.19. The second-order valence-corrected chi connectivity index (χ2v) is 5.78. The van der Waals surface area contributed by atoms with E-state index in [0.29, 0.717) is 6.54 Å². The number of ether oxygens (including phenoxy) is 1. The largest absolute Gasteiger partial charge is 0.497 e. The van der Waals surface area contributed by atoms with E-state index in [1.807, 2.05) is 56.4 Å². The summed E-state index contributed by atoms with van der Waals surface area (Å²) in [6.45, 7) is 2.48. The van der Waals surface area contributed by atoms with Crippen molar-refractivity contribution < 1.29 is 9.53 Å². The Bertz CT molecular complexity index is 655. The van der Waals surface area contributed by atoms with Gasteiger partial charge in [-0.15, -0.1) is 0 Å². The van der Waals surface area contributed by atoms with Crippen LogP contribution in [0.15, 0.2) is 46.9 Å². The second-order valence-electron chi connectivity index (χ2n) is 4.93. The van der Waals surface area contributed by atoms with Crippen LogP contribution in [-0.4, -0.2) is 25.0 Å². The summed E-state index contributed by atoms with van der Waals surface area (Å²) >= 11 is 3.46. The lowest BCUT2D eigenvalue weighted by molar-refractivity contribution is 0.0784. The van der Waals surface area contributed by atoms with E-state index in [-0.39, 0.29) is 5.91 Å². The van der Waals surface area contributed by atoms with Gasteiger partial charge in [-0.3, -0.25) is 4.79 Å². The first-order chi connectivity index (χ1) is 10.0. The molecular weight excluding hydrogens is 330 g/mol. The third-order valence-corrected chi connectivity index (χ3v) is 4.26. The van der Waals surface area contributed by atoms with Crippen LogP contribution in [-0.2, 0) is 6.54 Å². The van der Waals surface area contributed by atoms with Gasteiger partial charge in [-0.1, -0.05) is 34.1 Å². The quantitative estimate of drug-likeness (QED) is 0.835. The normalized spacial score (nSPS) is 10.3. The van der Waals surface area contributed by atoms with E-state index in [4.69, 9.17) is 4.74 Å². The van der Waals surface area contributed by atoms with Gasteiger partial charge in [-0.05, 0) is 42.3 Å². The van der Waals surface area contributed by atoms with E-state index < -0.39 is 0 Å². The molecule has 2 aromatic carbocycles. The molecule has 0 bridgehead atoms. The highest BCUT2D eigenvalue weighted by molar-refractivity contribution is 9.10. The first-order valence-corrected chi connectivity index (χ1v) is 7.45. The summed E-state index contributed by atoms with van der Waals surface area (Å²) in [5.41, 5.74) is 2.72. The molecule has 0 atom stereocenters. The lowest BCUT2D eigenvalue weighted by Crippen LogP contribution is -2.26. The standard InChI is InChI=1S/C17H18BrNO2/c1-12-15(8-5-9-16(12)18)17(20)19(2)11-13-6-4-7-14(10-13)21-3/h4-10H,11H2,1-3H3. The van der Waals surface area contributed by atoms with E-state index in [1.165, 1.54) is 0 Å². The van der Waals surface area contributed by atoms with Gasteiger partial charge in [-0.2, -0.15) is 0 Å². The highest BCUT2D eigenvalue weighted by atomic mass is 79.9. The van der Waals surface area contributed by atoms with Crippen molar-refractivity contribution in [2.75, 3.05) is 14.2 Å². The number of nitrogens with zero attached hydrogens (tertiary/aromatic N) is 1. The van der Waals surface area contributed by atoms with Crippen molar-refractivity contribution in [3.8, 4) is 5.75 Å². The van der Waals surface area contributed by atoms with Crippen molar-refractivity contribution in [3.05, 3.63) is 63.6 Å². The number of methoxy groups -OCH3 is 1.